The molecule has 0 aliphatic heterocycles. The van der Waals surface area contributed by atoms with Gasteiger partial charge < -0.3 is 19.5 Å². The van der Waals surface area contributed by atoms with Crippen molar-refractivity contribution in [1.29, 1.82) is 0 Å². The fraction of sp³-hybridized carbons (Fsp3) is 0.176. The number of amides is 2. The molecular weight excluding hydrogens is 376 g/mol. The smallest absolute Gasteiger partial charge is 0.287 e. The number of hydrogen-bond acceptors (Lipinski definition) is 4. The maximum Gasteiger partial charge on any atom is 0.287 e. The van der Waals surface area contributed by atoms with E-state index >= 15 is 0 Å². The van der Waals surface area contributed by atoms with Crippen molar-refractivity contribution in [3.05, 3.63) is 58.7 Å². The van der Waals surface area contributed by atoms with Crippen LogP contribution in [0.5, 0.6) is 0 Å². The fourth-order valence-electron chi connectivity index (χ4n) is 2.26. The second-order valence-corrected chi connectivity index (χ2v) is 6.04. The highest BCUT2D eigenvalue weighted by molar-refractivity contribution is 9.10. The number of hydrogen-bond donors (Lipinski definition) is 2. The van der Waals surface area contributed by atoms with Gasteiger partial charge in [0.15, 0.2) is 10.4 Å². The molecule has 2 N–H and O–H groups in total. The molecule has 0 saturated carbocycles. The summed E-state index contributed by atoms with van der Waals surface area (Å²) in [6.45, 7) is 1.67. The first-order valence-electron chi connectivity index (χ1n) is 7.34. The summed E-state index contributed by atoms with van der Waals surface area (Å²) in [5.41, 5.74) is 0.769. The van der Waals surface area contributed by atoms with Crippen LogP contribution in [-0.2, 0) is 4.79 Å². The quantitative estimate of drug-likeness (QED) is 0.698. The Kier molecular flexibility index (Phi) is 4.71. The summed E-state index contributed by atoms with van der Waals surface area (Å²) in [5, 5.41) is 6.26. The van der Waals surface area contributed by atoms with Crippen molar-refractivity contribution in [2.24, 2.45) is 0 Å². The van der Waals surface area contributed by atoms with E-state index in [1.54, 1.807) is 6.07 Å². The molecule has 0 radical (unpaired) electrons. The maximum atomic E-state index is 12.0. The lowest BCUT2D eigenvalue weighted by atomic mass is 10.2. The summed E-state index contributed by atoms with van der Waals surface area (Å²) in [6, 6.07) is 12.3. The number of carbonyl (C=O) groups excluding carboxylic acids is 2. The number of nitrogens with one attached hydrogen (secondary N) is 2. The van der Waals surface area contributed by atoms with E-state index in [4.69, 9.17) is 8.83 Å². The number of benzene rings is 1. The summed E-state index contributed by atoms with van der Waals surface area (Å²) >= 11 is 3.12. The molecule has 6 nitrogen and oxygen atoms in total. The summed E-state index contributed by atoms with van der Waals surface area (Å²) in [5.74, 6) is 0.0278. The van der Waals surface area contributed by atoms with Gasteiger partial charge in [0, 0.05) is 5.39 Å². The summed E-state index contributed by atoms with van der Waals surface area (Å²) in [4.78, 5) is 23.8. The first-order chi connectivity index (χ1) is 11.5. The van der Waals surface area contributed by atoms with Gasteiger partial charge in [-0.2, -0.15) is 0 Å². The second kappa shape index (κ2) is 6.92. The van der Waals surface area contributed by atoms with E-state index in [2.05, 4.69) is 26.6 Å². The zero-order valence-corrected chi connectivity index (χ0v) is 14.4. The van der Waals surface area contributed by atoms with Crippen LogP contribution in [-0.4, -0.2) is 18.4 Å². The number of para-hydroxylation sites is 1. The van der Waals surface area contributed by atoms with E-state index in [9.17, 15) is 9.59 Å². The van der Waals surface area contributed by atoms with Crippen LogP contribution >= 0.6 is 15.9 Å². The molecule has 24 heavy (non-hydrogen) atoms. The van der Waals surface area contributed by atoms with E-state index in [-0.39, 0.29) is 24.3 Å². The van der Waals surface area contributed by atoms with Crippen molar-refractivity contribution >= 4 is 38.7 Å². The molecule has 0 bridgehead atoms. The SMILES string of the molecule is C[C@H](NC(=O)CNC(=O)c1ccc(Br)o1)c1cc2ccccc2o1. The second-order valence-electron chi connectivity index (χ2n) is 5.26. The molecule has 2 aromatic heterocycles. The Morgan fingerprint density at radius 2 is 1.96 bits per heavy atom. The fourth-order valence-corrected chi connectivity index (χ4v) is 2.57. The van der Waals surface area contributed by atoms with Gasteiger partial charge in [-0.25, -0.2) is 0 Å². The van der Waals surface area contributed by atoms with Gasteiger partial charge in [-0.3, -0.25) is 9.59 Å². The molecule has 0 saturated heterocycles. The van der Waals surface area contributed by atoms with Crippen molar-refractivity contribution in [2.45, 2.75) is 13.0 Å². The Balaban J connectivity index is 1.55. The summed E-state index contributed by atoms with van der Waals surface area (Å²) < 4.78 is 11.3. The van der Waals surface area contributed by atoms with Gasteiger partial charge in [0.05, 0.1) is 12.6 Å². The third-order valence-electron chi connectivity index (χ3n) is 3.46. The van der Waals surface area contributed by atoms with Gasteiger partial charge in [-0.1, -0.05) is 18.2 Å². The molecule has 3 rings (SSSR count). The average molecular weight is 391 g/mol. The minimum absolute atomic E-state index is 0.139. The molecule has 0 unspecified atom stereocenters. The van der Waals surface area contributed by atoms with Crippen LogP contribution in [0.25, 0.3) is 11.0 Å². The molecule has 124 valence electrons. The van der Waals surface area contributed by atoms with E-state index in [1.165, 1.54) is 6.07 Å². The molecule has 0 aliphatic rings. The van der Waals surface area contributed by atoms with Gasteiger partial charge in [0.2, 0.25) is 5.91 Å². The molecule has 7 heteroatoms. The normalized spacial score (nSPS) is 12.1. The van der Waals surface area contributed by atoms with Gasteiger partial charge in [0.25, 0.3) is 5.91 Å². The third kappa shape index (κ3) is 3.68. The Morgan fingerprint density at radius 1 is 1.17 bits per heavy atom. The zero-order chi connectivity index (χ0) is 17.1. The lowest BCUT2D eigenvalue weighted by Gasteiger charge is -2.11. The van der Waals surface area contributed by atoms with Gasteiger partial charge in [-0.15, -0.1) is 0 Å². The van der Waals surface area contributed by atoms with Crippen LogP contribution in [0.3, 0.4) is 0 Å². The third-order valence-corrected chi connectivity index (χ3v) is 3.88. The number of fused-ring (bicyclic) bond motifs is 1. The highest BCUT2D eigenvalue weighted by Crippen LogP contribution is 2.23. The van der Waals surface area contributed by atoms with E-state index in [0.29, 0.717) is 10.4 Å². The van der Waals surface area contributed by atoms with Crippen molar-refractivity contribution < 1.29 is 18.4 Å². The molecule has 1 aromatic carbocycles. The number of furan rings is 2. The van der Waals surface area contributed by atoms with Crippen molar-refractivity contribution in [3.8, 4) is 0 Å². The maximum absolute atomic E-state index is 12.0. The monoisotopic (exact) mass is 390 g/mol. The molecule has 1 atom stereocenters. The molecule has 3 aromatic rings. The summed E-state index contributed by atoms with van der Waals surface area (Å²) in [6.07, 6.45) is 0. The highest BCUT2D eigenvalue weighted by atomic mass is 79.9. The number of halogens is 1. The van der Waals surface area contributed by atoms with E-state index in [0.717, 1.165) is 11.0 Å². The number of rotatable bonds is 5. The first-order valence-corrected chi connectivity index (χ1v) is 8.13. The minimum Gasteiger partial charge on any atom is -0.459 e. The minimum atomic E-state index is -0.452. The first kappa shape index (κ1) is 16.3. The Hall–Kier alpha value is -2.54. The lowest BCUT2D eigenvalue weighted by Crippen LogP contribution is -2.37. The van der Waals surface area contributed by atoms with Gasteiger partial charge >= 0.3 is 0 Å². The van der Waals surface area contributed by atoms with Crippen LogP contribution in [0.2, 0.25) is 0 Å². The Bertz CT molecular complexity index is 850. The average Bonchev–Trinajstić information content (AvgIpc) is 3.18. The van der Waals surface area contributed by atoms with Crippen LogP contribution in [0.4, 0.5) is 0 Å². The molecule has 2 heterocycles. The Labute approximate surface area is 146 Å². The van der Waals surface area contributed by atoms with Crippen LogP contribution in [0.15, 0.2) is 56.0 Å². The number of carbonyl (C=O) groups is 2. The Morgan fingerprint density at radius 3 is 2.67 bits per heavy atom. The van der Waals surface area contributed by atoms with Crippen LogP contribution < -0.4 is 10.6 Å². The molecular formula is C17H15BrN2O4. The van der Waals surface area contributed by atoms with Crippen LogP contribution in [0.1, 0.15) is 29.3 Å². The predicted octanol–water partition coefficient (Wildman–Crippen LogP) is 3.40. The molecule has 0 aliphatic carbocycles. The van der Waals surface area contributed by atoms with Crippen molar-refractivity contribution in [1.82, 2.24) is 10.6 Å². The lowest BCUT2D eigenvalue weighted by molar-refractivity contribution is -0.120. The highest BCUT2D eigenvalue weighted by Gasteiger charge is 2.16. The van der Waals surface area contributed by atoms with Crippen LogP contribution in [0, 0.1) is 0 Å². The van der Waals surface area contributed by atoms with Gasteiger partial charge in [-0.05, 0) is 47.1 Å². The summed E-state index contributed by atoms with van der Waals surface area (Å²) in [7, 11) is 0. The standard InChI is InChI=1S/C17H15BrN2O4/c1-10(14-8-11-4-2-3-5-12(11)23-14)20-16(21)9-19-17(22)13-6-7-15(18)24-13/h2-8,10H,9H2,1H3,(H,19,22)(H,20,21)/t10-/m0/s1. The largest absolute Gasteiger partial charge is 0.459 e. The van der Waals surface area contributed by atoms with Crippen molar-refractivity contribution in [3.63, 3.8) is 0 Å². The molecule has 0 spiro atoms. The van der Waals surface area contributed by atoms with Gasteiger partial charge in [0.1, 0.15) is 11.3 Å². The molecule has 2 amide bonds. The predicted molar refractivity (Wildman–Crippen MR) is 91.5 cm³/mol. The van der Waals surface area contributed by atoms with E-state index < -0.39 is 5.91 Å². The molecule has 0 fully saturated rings. The van der Waals surface area contributed by atoms with E-state index in [1.807, 2.05) is 37.3 Å². The topological polar surface area (TPSA) is 84.5 Å². The zero-order valence-electron chi connectivity index (χ0n) is 12.8. The van der Waals surface area contributed by atoms with Crippen molar-refractivity contribution in [2.75, 3.05) is 6.54 Å².